The maximum absolute atomic E-state index is 4.05. The van der Waals surface area contributed by atoms with Gasteiger partial charge < -0.3 is 0 Å². The molecule has 13 heavy (non-hydrogen) atoms. The summed E-state index contributed by atoms with van der Waals surface area (Å²) in [7, 11) is 0. The fourth-order valence-corrected chi connectivity index (χ4v) is 1.88. The van der Waals surface area contributed by atoms with Crippen LogP contribution in [0.3, 0.4) is 0 Å². The lowest BCUT2D eigenvalue weighted by Crippen LogP contribution is -2.01. The summed E-state index contributed by atoms with van der Waals surface area (Å²) in [5.41, 5.74) is 4.84. The Morgan fingerprint density at radius 2 is 2.08 bits per heavy atom. The maximum Gasteiger partial charge on any atom is 0.177 e. The Kier molecular flexibility index (Phi) is 1.36. The van der Waals surface area contributed by atoms with Gasteiger partial charge in [0.1, 0.15) is 0 Å². The highest BCUT2D eigenvalue weighted by Gasteiger charge is 2.22. The number of hydrogen-bond acceptors (Lipinski definition) is 2. The van der Waals surface area contributed by atoms with Crippen LogP contribution in [0.4, 0.5) is 0 Å². The van der Waals surface area contributed by atoms with E-state index in [0.717, 1.165) is 24.1 Å². The Hall–Kier alpha value is -1.44. The third kappa shape index (κ3) is 0.949. The van der Waals surface area contributed by atoms with Crippen molar-refractivity contribution in [3.8, 4) is 0 Å². The number of allylic oxidation sites excluding steroid dienone is 1. The summed E-state index contributed by atoms with van der Waals surface area (Å²) in [6, 6.07) is 8.41. The summed E-state index contributed by atoms with van der Waals surface area (Å²) >= 11 is 0. The first kappa shape index (κ1) is 7.01. The first-order chi connectivity index (χ1) is 6.45. The molecule has 2 nitrogen and oxygen atoms in total. The highest BCUT2D eigenvalue weighted by Crippen LogP contribution is 2.37. The Balaban J connectivity index is 2.20. The predicted octanol–water partition coefficient (Wildman–Crippen LogP) is 2.85. The van der Waals surface area contributed by atoms with Crippen LogP contribution in [0.15, 0.2) is 40.2 Å². The standard InChI is InChI=1S/C11H8N2/c1-2-4-9-8(3-1)5-6-11-10(9)7-12-13-11/h1-4H,5-6H2. The molecule has 2 aliphatic rings. The fraction of sp³-hybridized carbons (Fsp3) is 0.182. The molecule has 62 valence electrons. The molecular formula is C11H8N2. The van der Waals surface area contributed by atoms with Crippen LogP contribution in [-0.4, -0.2) is 0 Å². The van der Waals surface area contributed by atoms with Gasteiger partial charge in [0.25, 0.3) is 0 Å². The van der Waals surface area contributed by atoms with E-state index < -0.39 is 0 Å². The zero-order valence-electron chi connectivity index (χ0n) is 7.12. The van der Waals surface area contributed by atoms with E-state index in [1.165, 1.54) is 11.1 Å². The van der Waals surface area contributed by atoms with Crippen LogP contribution >= 0.6 is 0 Å². The number of fused-ring (bicyclic) bond motifs is 2. The molecule has 0 aromatic heterocycles. The summed E-state index contributed by atoms with van der Waals surface area (Å²) in [6.45, 7) is 2.95. The zero-order chi connectivity index (χ0) is 8.67. The van der Waals surface area contributed by atoms with E-state index in [0.29, 0.717) is 0 Å². The lowest BCUT2D eigenvalue weighted by Gasteiger charge is -2.15. The number of nitrogens with zero attached hydrogens (tertiary/aromatic N) is 2. The van der Waals surface area contributed by atoms with Crippen LogP contribution in [0, 0.1) is 6.54 Å². The van der Waals surface area contributed by atoms with E-state index in [1.807, 2.05) is 0 Å². The molecule has 1 aromatic carbocycles. The van der Waals surface area contributed by atoms with Crippen molar-refractivity contribution in [2.45, 2.75) is 12.8 Å². The van der Waals surface area contributed by atoms with Crippen molar-refractivity contribution in [2.75, 3.05) is 0 Å². The van der Waals surface area contributed by atoms with E-state index in [9.17, 15) is 0 Å². The summed E-state index contributed by atoms with van der Waals surface area (Å²) in [5.74, 6) is 0. The molecule has 2 heteroatoms. The van der Waals surface area contributed by atoms with Crippen LogP contribution in [0.25, 0.3) is 5.57 Å². The second-order valence-corrected chi connectivity index (χ2v) is 3.29. The summed E-state index contributed by atoms with van der Waals surface area (Å²) < 4.78 is 0. The molecule has 0 saturated carbocycles. The molecule has 0 spiro atoms. The predicted molar refractivity (Wildman–Crippen MR) is 49.8 cm³/mol. The zero-order valence-corrected chi connectivity index (χ0v) is 7.12. The first-order valence-corrected chi connectivity index (χ1v) is 4.43. The van der Waals surface area contributed by atoms with Crippen molar-refractivity contribution in [1.82, 2.24) is 0 Å². The minimum Gasteiger partial charge on any atom is -0.171 e. The van der Waals surface area contributed by atoms with Crippen molar-refractivity contribution in [1.29, 1.82) is 0 Å². The molecule has 0 fully saturated rings. The maximum atomic E-state index is 4.05. The lowest BCUT2D eigenvalue weighted by molar-refractivity contribution is 0.900. The average Bonchev–Trinajstić information content (AvgIpc) is 2.65. The van der Waals surface area contributed by atoms with Gasteiger partial charge in [-0.3, -0.25) is 0 Å². The molecule has 0 unspecified atom stereocenters. The molecule has 0 N–H and O–H groups in total. The summed E-state index contributed by atoms with van der Waals surface area (Å²) in [4.78, 5) is 0. The monoisotopic (exact) mass is 168 g/mol. The Morgan fingerprint density at radius 1 is 1.15 bits per heavy atom. The average molecular weight is 168 g/mol. The fourth-order valence-electron chi connectivity index (χ4n) is 1.88. The molecular weight excluding hydrogens is 160 g/mol. The summed E-state index contributed by atoms with van der Waals surface area (Å²) in [6.07, 6.45) is 2.08. The van der Waals surface area contributed by atoms with Gasteiger partial charge in [0.05, 0.1) is 5.70 Å². The first-order valence-electron chi connectivity index (χ1n) is 4.43. The Labute approximate surface area is 77.0 Å². The van der Waals surface area contributed by atoms with Crippen LogP contribution in [-0.2, 0) is 6.42 Å². The summed E-state index contributed by atoms with van der Waals surface area (Å²) in [5, 5.41) is 7.88. The minimum absolute atomic E-state index is 1.00. The van der Waals surface area contributed by atoms with Gasteiger partial charge in [-0.25, -0.2) is 0 Å². The van der Waals surface area contributed by atoms with Gasteiger partial charge in [-0.15, -0.1) is 0 Å². The van der Waals surface area contributed by atoms with Gasteiger partial charge in [0.15, 0.2) is 6.54 Å². The van der Waals surface area contributed by atoms with E-state index in [2.05, 4.69) is 41.0 Å². The number of rotatable bonds is 0. The molecule has 1 aliphatic heterocycles. The van der Waals surface area contributed by atoms with Crippen LogP contribution < -0.4 is 0 Å². The van der Waals surface area contributed by atoms with Gasteiger partial charge in [-0.2, -0.15) is 10.2 Å². The van der Waals surface area contributed by atoms with Gasteiger partial charge in [-0.1, -0.05) is 24.3 Å². The Morgan fingerprint density at radius 3 is 3.08 bits per heavy atom. The van der Waals surface area contributed by atoms with Crippen LogP contribution in [0.5, 0.6) is 0 Å². The molecule has 2 radical (unpaired) electrons. The highest BCUT2D eigenvalue weighted by molar-refractivity contribution is 5.78. The van der Waals surface area contributed by atoms with Crippen molar-refractivity contribution in [2.24, 2.45) is 10.2 Å². The van der Waals surface area contributed by atoms with Crippen molar-refractivity contribution >= 4 is 5.57 Å². The third-order valence-corrected chi connectivity index (χ3v) is 2.54. The second kappa shape index (κ2) is 2.52. The van der Waals surface area contributed by atoms with Gasteiger partial charge in [-0.05, 0) is 24.0 Å². The van der Waals surface area contributed by atoms with Gasteiger partial charge in [0.2, 0.25) is 0 Å². The SMILES string of the molecule is [C]1N=NC2=C1c1ccccc1CC2. The van der Waals surface area contributed by atoms with Crippen molar-refractivity contribution in [3.63, 3.8) is 0 Å². The number of hydrogen-bond donors (Lipinski definition) is 0. The van der Waals surface area contributed by atoms with Crippen molar-refractivity contribution in [3.05, 3.63) is 47.6 Å². The Bertz CT molecular complexity index is 416. The second-order valence-electron chi connectivity index (χ2n) is 3.29. The van der Waals surface area contributed by atoms with E-state index in [4.69, 9.17) is 0 Å². The quantitative estimate of drug-likeness (QED) is 0.569. The molecule has 1 heterocycles. The lowest BCUT2D eigenvalue weighted by atomic mass is 9.89. The van der Waals surface area contributed by atoms with E-state index in [-0.39, 0.29) is 0 Å². The normalized spacial score (nSPS) is 18.8. The van der Waals surface area contributed by atoms with Gasteiger partial charge >= 0.3 is 0 Å². The number of aryl methyl sites for hydroxylation is 1. The molecule has 1 aromatic rings. The molecule has 0 saturated heterocycles. The third-order valence-electron chi connectivity index (χ3n) is 2.54. The smallest absolute Gasteiger partial charge is 0.171 e. The highest BCUT2D eigenvalue weighted by atomic mass is 15.1. The molecule has 1 aliphatic carbocycles. The molecule has 0 atom stereocenters. The van der Waals surface area contributed by atoms with Crippen LogP contribution in [0.2, 0.25) is 0 Å². The molecule has 0 amide bonds. The largest absolute Gasteiger partial charge is 0.177 e. The topological polar surface area (TPSA) is 24.7 Å². The minimum atomic E-state index is 1.00. The number of azo groups is 1. The number of benzene rings is 1. The van der Waals surface area contributed by atoms with Crippen LogP contribution in [0.1, 0.15) is 17.5 Å². The molecule has 0 bridgehead atoms. The van der Waals surface area contributed by atoms with Crippen molar-refractivity contribution < 1.29 is 0 Å². The molecule has 3 rings (SSSR count). The van der Waals surface area contributed by atoms with Gasteiger partial charge in [0, 0.05) is 5.57 Å². The van der Waals surface area contributed by atoms with E-state index >= 15 is 0 Å². The van der Waals surface area contributed by atoms with E-state index in [1.54, 1.807) is 0 Å².